The molecule has 0 aliphatic carbocycles. The molecule has 1 aliphatic rings. The number of aromatic hydroxyl groups is 1. The molecule has 0 fully saturated rings. The maximum atomic E-state index is 13.4. The van der Waals surface area contributed by atoms with Crippen LogP contribution in [0.5, 0.6) is 5.75 Å². The van der Waals surface area contributed by atoms with Gasteiger partial charge in [-0.2, -0.15) is 13.2 Å². The van der Waals surface area contributed by atoms with E-state index in [1.807, 2.05) is 0 Å². The van der Waals surface area contributed by atoms with Crippen molar-refractivity contribution < 1.29 is 33.0 Å². The van der Waals surface area contributed by atoms with Gasteiger partial charge in [-0.3, -0.25) is 14.5 Å². The van der Waals surface area contributed by atoms with Gasteiger partial charge in [-0.25, -0.2) is 4.98 Å². The molecule has 3 aromatic rings. The predicted octanol–water partition coefficient (Wildman–Crippen LogP) is 5.27. The number of carbonyl (C=O) groups excluding carboxylic acids is 2. The van der Waals surface area contributed by atoms with E-state index in [0.29, 0.717) is 16.3 Å². The van der Waals surface area contributed by atoms with Gasteiger partial charge < -0.3 is 10.2 Å². The molecule has 0 radical (unpaired) electrons. The third kappa shape index (κ3) is 3.97. The quantitative estimate of drug-likeness (QED) is 0.503. The minimum absolute atomic E-state index is 0.0563. The molecule has 0 saturated carbocycles. The highest BCUT2D eigenvalue weighted by Crippen LogP contribution is 2.43. The van der Waals surface area contributed by atoms with E-state index in [-0.39, 0.29) is 21.9 Å². The normalized spacial score (nSPS) is 16.6. The van der Waals surface area contributed by atoms with Crippen molar-refractivity contribution in [3.63, 3.8) is 0 Å². The molecule has 10 heteroatoms. The Labute approximate surface area is 190 Å². The van der Waals surface area contributed by atoms with Crippen molar-refractivity contribution in [2.45, 2.75) is 26.1 Å². The maximum absolute atomic E-state index is 13.4. The van der Waals surface area contributed by atoms with Gasteiger partial charge in [0.2, 0.25) is 5.78 Å². The highest BCUT2D eigenvalue weighted by molar-refractivity contribution is 7.14. The standard InChI is InChI=1S/C23H17F3N2O4S/c1-11-21(33-12(2)27-11)19(30)17-18(13-3-9-16(29)10-4-13)28(22(32)20(17)31)15-7-5-14(6-8-15)23(24,25)26/h3-10,18,29,31H,1-2H3. The van der Waals surface area contributed by atoms with E-state index in [2.05, 4.69) is 4.98 Å². The number of rotatable bonds is 4. The van der Waals surface area contributed by atoms with Gasteiger partial charge in [0.05, 0.1) is 32.8 Å². The fraction of sp³-hybridized carbons (Fsp3) is 0.174. The monoisotopic (exact) mass is 474 g/mol. The summed E-state index contributed by atoms with van der Waals surface area (Å²) in [6.07, 6.45) is -4.56. The summed E-state index contributed by atoms with van der Waals surface area (Å²) in [6.45, 7) is 3.35. The molecule has 2 aromatic carbocycles. The van der Waals surface area contributed by atoms with Crippen molar-refractivity contribution in [2.75, 3.05) is 4.90 Å². The number of anilines is 1. The molecule has 1 unspecified atom stereocenters. The van der Waals surface area contributed by atoms with Crippen LogP contribution in [0.3, 0.4) is 0 Å². The third-order valence-corrected chi connectivity index (χ3v) is 6.32. The summed E-state index contributed by atoms with van der Waals surface area (Å²) in [5, 5.41) is 21.0. The van der Waals surface area contributed by atoms with E-state index in [4.69, 9.17) is 0 Å². The molecule has 0 spiro atoms. The highest BCUT2D eigenvalue weighted by atomic mass is 32.1. The average Bonchev–Trinajstić information content (AvgIpc) is 3.23. The Bertz CT molecular complexity index is 1280. The molecule has 4 rings (SSSR count). The first-order valence-electron chi connectivity index (χ1n) is 9.70. The molecule has 6 nitrogen and oxygen atoms in total. The SMILES string of the molecule is Cc1nc(C)c(C(=O)C2=C(O)C(=O)N(c3ccc(C(F)(F)F)cc3)C2c2ccc(O)cc2)s1. The lowest BCUT2D eigenvalue weighted by Crippen LogP contribution is -2.31. The molecular formula is C23H17F3N2O4S. The molecule has 1 amide bonds. The minimum Gasteiger partial charge on any atom is -0.508 e. The van der Waals surface area contributed by atoms with Crippen molar-refractivity contribution in [3.8, 4) is 5.75 Å². The fourth-order valence-electron chi connectivity index (χ4n) is 3.75. The predicted molar refractivity (Wildman–Crippen MR) is 115 cm³/mol. The van der Waals surface area contributed by atoms with E-state index in [9.17, 15) is 33.0 Å². The zero-order chi connectivity index (χ0) is 24.1. The zero-order valence-electron chi connectivity index (χ0n) is 17.3. The number of nitrogens with zero attached hydrogens (tertiary/aromatic N) is 2. The molecule has 33 heavy (non-hydrogen) atoms. The number of aryl methyl sites for hydroxylation is 2. The van der Waals surface area contributed by atoms with Gasteiger partial charge in [-0.15, -0.1) is 11.3 Å². The summed E-state index contributed by atoms with van der Waals surface area (Å²) in [5.41, 5.74) is -0.224. The van der Waals surface area contributed by atoms with E-state index in [0.717, 1.165) is 40.5 Å². The summed E-state index contributed by atoms with van der Waals surface area (Å²) in [7, 11) is 0. The number of Topliss-reactive ketones (excluding diaryl/α,β-unsaturated/α-hetero) is 1. The first-order chi connectivity index (χ1) is 15.5. The van der Waals surface area contributed by atoms with Gasteiger partial charge in [-0.05, 0) is 55.8 Å². The Morgan fingerprint density at radius 1 is 1.03 bits per heavy atom. The fourth-order valence-corrected chi connectivity index (χ4v) is 4.62. The average molecular weight is 474 g/mol. The third-order valence-electron chi connectivity index (χ3n) is 5.24. The van der Waals surface area contributed by atoms with Gasteiger partial charge in [-0.1, -0.05) is 12.1 Å². The molecule has 170 valence electrons. The molecule has 1 atom stereocenters. The summed E-state index contributed by atoms with van der Waals surface area (Å²) < 4.78 is 39.0. The first-order valence-corrected chi connectivity index (χ1v) is 10.5. The summed E-state index contributed by atoms with van der Waals surface area (Å²) in [4.78, 5) is 32.0. The van der Waals surface area contributed by atoms with Crippen molar-refractivity contribution >= 4 is 28.7 Å². The Kier molecular flexibility index (Phi) is 5.49. The molecule has 2 N–H and O–H groups in total. The van der Waals surface area contributed by atoms with Crippen molar-refractivity contribution in [1.29, 1.82) is 0 Å². The molecule has 0 saturated heterocycles. The Hall–Kier alpha value is -3.66. The molecule has 1 aromatic heterocycles. The molecular weight excluding hydrogens is 457 g/mol. The van der Waals surface area contributed by atoms with Crippen LogP contribution in [0, 0.1) is 13.8 Å². The van der Waals surface area contributed by atoms with E-state index in [1.54, 1.807) is 13.8 Å². The summed E-state index contributed by atoms with van der Waals surface area (Å²) >= 11 is 1.11. The zero-order valence-corrected chi connectivity index (χ0v) is 18.2. The number of halogens is 3. The van der Waals surface area contributed by atoms with E-state index < -0.39 is 35.2 Å². The number of hydrogen-bond donors (Lipinski definition) is 2. The second kappa shape index (κ2) is 8.04. The Morgan fingerprint density at radius 2 is 1.64 bits per heavy atom. The number of amides is 1. The summed E-state index contributed by atoms with van der Waals surface area (Å²) in [5.74, 6) is -2.37. The Morgan fingerprint density at radius 3 is 2.15 bits per heavy atom. The number of aliphatic hydroxyl groups excluding tert-OH is 1. The lowest BCUT2D eigenvalue weighted by atomic mass is 9.94. The second-order valence-electron chi connectivity index (χ2n) is 7.45. The number of thiazole rings is 1. The lowest BCUT2D eigenvalue weighted by molar-refractivity contribution is -0.137. The number of phenols is 1. The van der Waals surface area contributed by atoms with Crippen molar-refractivity contribution in [3.05, 3.63) is 86.6 Å². The van der Waals surface area contributed by atoms with Gasteiger partial charge in [0.25, 0.3) is 5.91 Å². The number of aliphatic hydroxyl groups is 1. The Balaban J connectivity index is 1.85. The van der Waals surface area contributed by atoms with Crippen LogP contribution in [-0.2, 0) is 11.0 Å². The number of hydrogen-bond acceptors (Lipinski definition) is 6. The number of alkyl halides is 3. The maximum Gasteiger partial charge on any atom is 0.416 e. The summed E-state index contributed by atoms with van der Waals surface area (Å²) in [6, 6.07) is 8.39. The number of aromatic nitrogens is 1. The smallest absolute Gasteiger partial charge is 0.416 e. The van der Waals surface area contributed by atoms with Gasteiger partial charge in [0, 0.05) is 5.69 Å². The number of carbonyl (C=O) groups is 2. The van der Waals surface area contributed by atoms with Crippen LogP contribution in [0.1, 0.15) is 37.5 Å². The molecule has 0 bridgehead atoms. The van der Waals surface area contributed by atoms with Crippen LogP contribution in [0.25, 0.3) is 0 Å². The number of benzene rings is 2. The van der Waals surface area contributed by atoms with Crippen LogP contribution in [0.2, 0.25) is 0 Å². The van der Waals surface area contributed by atoms with Crippen LogP contribution in [0.15, 0.2) is 59.9 Å². The largest absolute Gasteiger partial charge is 0.508 e. The van der Waals surface area contributed by atoms with Gasteiger partial charge in [0.1, 0.15) is 5.75 Å². The van der Waals surface area contributed by atoms with E-state index in [1.165, 1.54) is 24.3 Å². The van der Waals surface area contributed by atoms with Gasteiger partial charge in [0.15, 0.2) is 5.76 Å². The lowest BCUT2D eigenvalue weighted by Gasteiger charge is -2.27. The number of ketones is 1. The second-order valence-corrected chi connectivity index (χ2v) is 8.66. The first kappa shape index (κ1) is 22.5. The van der Waals surface area contributed by atoms with Gasteiger partial charge >= 0.3 is 6.18 Å². The highest BCUT2D eigenvalue weighted by Gasteiger charge is 2.45. The molecule has 2 heterocycles. The minimum atomic E-state index is -4.56. The van der Waals surface area contributed by atoms with Crippen LogP contribution in [0.4, 0.5) is 18.9 Å². The topological polar surface area (TPSA) is 90.7 Å². The van der Waals surface area contributed by atoms with Crippen molar-refractivity contribution in [2.24, 2.45) is 0 Å². The molecule has 1 aliphatic heterocycles. The van der Waals surface area contributed by atoms with Crippen LogP contribution < -0.4 is 4.90 Å². The van der Waals surface area contributed by atoms with Crippen LogP contribution >= 0.6 is 11.3 Å². The number of phenolic OH excluding ortho intramolecular Hbond substituents is 1. The van der Waals surface area contributed by atoms with Crippen LogP contribution in [-0.4, -0.2) is 26.9 Å². The van der Waals surface area contributed by atoms with Crippen molar-refractivity contribution in [1.82, 2.24) is 4.98 Å². The van der Waals surface area contributed by atoms with E-state index >= 15 is 0 Å².